The van der Waals surface area contributed by atoms with E-state index in [-0.39, 0.29) is 6.42 Å². The molecule has 0 amide bonds. The molecule has 3 nitrogen and oxygen atoms in total. The highest BCUT2D eigenvalue weighted by Gasteiger charge is 2.35. The molecule has 2 unspecified atom stereocenters. The highest BCUT2D eigenvalue weighted by molar-refractivity contribution is 7.58. The molecule has 0 aliphatic heterocycles. The van der Waals surface area contributed by atoms with E-state index >= 15 is 0 Å². The van der Waals surface area contributed by atoms with Crippen molar-refractivity contribution < 1.29 is 23.0 Å². The molecule has 1 heterocycles. The predicted octanol–water partition coefficient (Wildman–Crippen LogP) is 6.45. The van der Waals surface area contributed by atoms with Crippen molar-refractivity contribution >= 4 is 52.3 Å². The van der Waals surface area contributed by atoms with E-state index in [1.807, 2.05) is 0 Å². The highest BCUT2D eigenvalue weighted by atomic mass is 35.5. The van der Waals surface area contributed by atoms with Crippen LogP contribution in [-0.2, 0) is 9.36 Å². The molecule has 0 radical (unpaired) electrons. The molecule has 0 saturated heterocycles. The molecule has 0 aliphatic carbocycles. The average molecular weight is 441 g/mol. The number of ketones is 1. The Morgan fingerprint density at radius 1 is 1.25 bits per heavy atom. The van der Waals surface area contributed by atoms with Gasteiger partial charge in [-0.15, -0.1) is 11.3 Å². The molecular formula is C20H16ClF2O3PS. The molecule has 3 rings (SSSR count). The van der Waals surface area contributed by atoms with Gasteiger partial charge in [0.1, 0.15) is 5.66 Å². The van der Waals surface area contributed by atoms with Crippen molar-refractivity contribution in [3.8, 4) is 0 Å². The third-order valence-corrected chi connectivity index (χ3v) is 6.96. The Morgan fingerprint density at radius 3 is 2.68 bits per heavy atom. The van der Waals surface area contributed by atoms with Crippen molar-refractivity contribution in [2.24, 2.45) is 0 Å². The molecule has 0 saturated carbocycles. The topological polar surface area (TPSA) is 54.4 Å². The lowest BCUT2D eigenvalue weighted by Gasteiger charge is -2.18. The maximum absolute atomic E-state index is 13.3. The Kier molecular flexibility index (Phi) is 6.15. The summed E-state index contributed by atoms with van der Waals surface area (Å²) in [4.78, 5) is 23.0. The van der Waals surface area contributed by atoms with E-state index < -0.39 is 30.4 Å². The third kappa shape index (κ3) is 4.58. The van der Waals surface area contributed by atoms with Gasteiger partial charge in [0.25, 0.3) is 0 Å². The molecule has 1 aromatic heterocycles. The van der Waals surface area contributed by atoms with Crippen molar-refractivity contribution in [3.05, 3.63) is 75.6 Å². The van der Waals surface area contributed by atoms with Crippen LogP contribution >= 0.6 is 30.3 Å². The lowest BCUT2D eigenvalue weighted by molar-refractivity contribution is -0.118. The molecule has 28 heavy (non-hydrogen) atoms. The van der Waals surface area contributed by atoms with E-state index in [4.69, 9.17) is 11.6 Å². The largest absolute Gasteiger partial charge is 0.344 e. The number of benzene rings is 2. The molecule has 0 fully saturated rings. The molecule has 0 bridgehead atoms. The first-order valence-corrected chi connectivity index (χ1v) is 11.7. The van der Waals surface area contributed by atoms with Crippen LogP contribution in [0.4, 0.5) is 8.78 Å². The molecular weight excluding hydrogens is 425 g/mol. The van der Waals surface area contributed by atoms with Crippen LogP contribution in [0, 0.1) is 11.6 Å². The molecule has 0 aliphatic rings. The molecule has 8 heteroatoms. The number of carbonyl (C=O) groups excluding carboxylic acids is 1. The SMILES string of the molecule is CP(=O)(O)C(C(=O)C/C=C/c1ccc(F)c(F)c1)c1csc2ccc(Cl)cc12. The van der Waals surface area contributed by atoms with E-state index in [0.29, 0.717) is 21.5 Å². The first kappa shape index (κ1) is 20.9. The van der Waals surface area contributed by atoms with Crippen molar-refractivity contribution in [2.75, 3.05) is 6.66 Å². The maximum Gasteiger partial charge on any atom is 0.212 e. The van der Waals surface area contributed by atoms with Crippen LogP contribution < -0.4 is 0 Å². The minimum absolute atomic E-state index is 0.125. The third-order valence-electron chi connectivity index (χ3n) is 4.22. The van der Waals surface area contributed by atoms with Gasteiger partial charge in [-0.3, -0.25) is 9.36 Å². The van der Waals surface area contributed by atoms with Gasteiger partial charge >= 0.3 is 0 Å². The van der Waals surface area contributed by atoms with Crippen LogP contribution in [0.1, 0.15) is 23.2 Å². The summed E-state index contributed by atoms with van der Waals surface area (Å²) in [6.07, 6.45) is 2.82. The minimum Gasteiger partial charge on any atom is -0.344 e. The van der Waals surface area contributed by atoms with E-state index in [1.165, 1.54) is 29.6 Å². The van der Waals surface area contributed by atoms with Crippen LogP contribution in [0.25, 0.3) is 16.2 Å². The van der Waals surface area contributed by atoms with E-state index in [2.05, 4.69) is 0 Å². The van der Waals surface area contributed by atoms with Crippen LogP contribution in [-0.4, -0.2) is 17.3 Å². The number of Topliss-reactive ketones (excluding diaryl/α,β-unsaturated/α-hetero) is 1. The van der Waals surface area contributed by atoms with E-state index in [0.717, 1.165) is 23.5 Å². The lowest BCUT2D eigenvalue weighted by Crippen LogP contribution is -2.11. The summed E-state index contributed by atoms with van der Waals surface area (Å²) in [5, 5.41) is 2.85. The Bertz CT molecular complexity index is 1120. The second-order valence-electron chi connectivity index (χ2n) is 6.42. The summed E-state index contributed by atoms with van der Waals surface area (Å²) in [7, 11) is -3.80. The normalized spacial score (nSPS) is 15.0. The van der Waals surface area contributed by atoms with Crippen molar-refractivity contribution in [1.82, 2.24) is 0 Å². The minimum atomic E-state index is -3.80. The van der Waals surface area contributed by atoms with Gasteiger partial charge in [0.05, 0.1) is 0 Å². The maximum atomic E-state index is 13.3. The van der Waals surface area contributed by atoms with Gasteiger partial charge < -0.3 is 4.89 Å². The van der Waals surface area contributed by atoms with Gasteiger partial charge in [0.15, 0.2) is 17.4 Å². The summed E-state index contributed by atoms with van der Waals surface area (Å²) in [5.41, 5.74) is -0.323. The Hall–Kier alpha value is -1.85. The Labute approximate surface area is 169 Å². The Balaban J connectivity index is 1.88. The second kappa shape index (κ2) is 8.26. The summed E-state index contributed by atoms with van der Waals surface area (Å²) >= 11 is 7.41. The van der Waals surface area contributed by atoms with Gasteiger partial charge in [-0.1, -0.05) is 29.8 Å². The summed E-state index contributed by atoms with van der Waals surface area (Å²) < 4.78 is 39.6. The molecule has 2 atom stereocenters. The standard InChI is InChI=1S/C20H16ClF2O3PS/c1-27(25,26)20(15-11-28-19-8-6-13(21)10-14(15)19)18(24)4-2-3-12-5-7-16(22)17(23)9-12/h2-3,5-11,20H,4H2,1H3,(H,25,26)/b3-2+. The van der Waals surface area contributed by atoms with Crippen LogP contribution in [0.2, 0.25) is 5.02 Å². The van der Waals surface area contributed by atoms with E-state index in [9.17, 15) is 23.0 Å². The van der Waals surface area contributed by atoms with Gasteiger partial charge in [-0.05, 0) is 52.2 Å². The van der Waals surface area contributed by atoms with E-state index in [1.54, 1.807) is 23.6 Å². The zero-order valence-corrected chi connectivity index (χ0v) is 17.2. The number of thiophene rings is 1. The number of hydrogen-bond acceptors (Lipinski definition) is 3. The highest BCUT2D eigenvalue weighted by Crippen LogP contribution is 2.55. The molecule has 2 aromatic carbocycles. The molecule has 1 N–H and O–H groups in total. The number of halogens is 3. The lowest BCUT2D eigenvalue weighted by atomic mass is 10.0. The zero-order chi connectivity index (χ0) is 20.5. The number of fused-ring (bicyclic) bond motifs is 1. The van der Waals surface area contributed by atoms with Gasteiger partial charge in [0, 0.05) is 22.8 Å². The van der Waals surface area contributed by atoms with Crippen molar-refractivity contribution in [1.29, 1.82) is 0 Å². The van der Waals surface area contributed by atoms with Crippen LogP contribution in [0.15, 0.2) is 47.9 Å². The second-order valence-corrected chi connectivity index (χ2v) is 10.2. The number of carbonyl (C=O) groups is 1. The summed E-state index contributed by atoms with van der Waals surface area (Å²) in [6.45, 7) is 1.16. The molecule has 0 spiro atoms. The summed E-state index contributed by atoms with van der Waals surface area (Å²) in [6, 6.07) is 8.58. The van der Waals surface area contributed by atoms with Crippen molar-refractivity contribution in [2.45, 2.75) is 12.1 Å². The number of hydrogen-bond donors (Lipinski definition) is 1. The van der Waals surface area contributed by atoms with Crippen LogP contribution in [0.3, 0.4) is 0 Å². The summed E-state index contributed by atoms with van der Waals surface area (Å²) in [5.74, 6) is -2.38. The molecule has 146 valence electrons. The fourth-order valence-electron chi connectivity index (χ4n) is 2.97. The quantitative estimate of drug-likeness (QED) is 0.448. The monoisotopic (exact) mass is 440 g/mol. The first-order valence-electron chi connectivity index (χ1n) is 8.27. The first-order chi connectivity index (χ1) is 13.2. The van der Waals surface area contributed by atoms with Crippen LogP contribution in [0.5, 0.6) is 0 Å². The van der Waals surface area contributed by atoms with Gasteiger partial charge in [-0.25, -0.2) is 8.78 Å². The molecule has 3 aromatic rings. The Morgan fingerprint density at radius 2 is 2.00 bits per heavy atom. The fraction of sp³-hybridized carbons (Fsp3) is 0.150. The average Bonchev–Trinajstić information content (AvgIpc) is 3.00. The van der Waals surface area contributed by atoms with Gasteiger partial charge in [-0.2, -0.15) is 0 Å². The number of rotatable bonds is 6. The smallest absolute Gasteiger partial charge is 0.212 e. The predicted molar refractivity (Wildman–Crippen MR) is 110 cm³/mol. The van der Waals surface area contributed by atoms with Crippen molar-refractivity contribution in [3.63, 3.8) is 0 Å². The van der Waals surface area contributed by atoms with Gasteiger partial charge in [0.2, 0.25) is 7.37 Å². The fourth-order valence-corrected chi connectivity index (χ4v) is 5.58. The number of allylic oxidation sites excluding steroid dienone is 1. The zero-order valence-electron chi connectivity index (χ0n) is 14.7.